The first-order chi connectivity index (χ1) is 10.0. The highest BCUT2D eigenvalue weighted by Crippen LogP contribution is 2.22. The standard InChI is InChI=1S/C17H29NO3/c1-4-5-6-11-16(19)18-15(12-13(2)3)17(20)21-14-9-7-8-10-14/h4,13-15H,1,5-12H2,2-3H3,(H,18,19)/t15-/m0/s1. The SMILES string of the molecule is C=CCCCC(=O)N[C@@H](CC(C)C)C(=O)OC1CCCC1. The quantitative estimate of drug-likeness (QED) is 0.403. The number of amides is 1. The van der Waals surface area contributed by atoms with Crippen molar-refractivity contribution in [2.75, 3.05) is 0 Å². The summed E-state index contributed by atoms with van der Waals surface area (Å²) >= 11 is 0. The number of hydrogen-bond acceptors (Lipinski definition) is 3. The van der Waals surface area contributed by atoms with E-state index >= 15 is 0 Å². The Kier molecular flexibility index (Phi) is 8.09. The number of carbonyl (C=O) groups is 2. The van der Waals surface area contributed by atoms with Gasteiger partial charge in [-0.3, -0.25) is 4.79 Å². The monoisotopic (exact) mass is 295 g/mol. The molecule has 0 aliphatic heterocycles. The van der Waals surface area contributed by atoms with Crippen LogP contribution >= 0.6 is 0 Å². The molecule has 0 unspecified atom stereocenters. The molecule has 0 bridgehead atoms. The van der Waals surface area contributed by atoms with Gasteiger partial charge in [-0.1, -0.05) is 19.9 Å². The Morgan fingerprint density at radius 2 is 2.00 bits per heavy atom. The van der Waals surface area contributed by atoms with Crippen LogP contribution in [0.3, 0.4) is 0 Å². The smallest absolute Gasteiger partial charge is 0.328 e. The number of ether oxygens (including phenoxy) is 1. The summed E-state index contributed by atoms with van der Waals surface area (Å²) < 4.78 is 5.53. The number of hydrogen-bond donors (Lipinski definition) is 1. The highest BCUT2D eigenvalue weighted by atomic mass is 16.5. The highest BCUT2D eigenvalue weighted by Gasteiger charge is 2.27. The fraction of sp³-hybridized carbons (Fsp3) is 0.765. The van der Waals surface area contributed by atoms with E-state index in [1.165, 1.54) is 0 Å². The third-order valence-corrected chi connectivity index (χ3v) is 3.72. The van der Waals surface area contributed by atoms with E-state index in [1.54, 1.807) is 6.08 Å². The average molecular weight is 295 g/mol. The third kappa shape index (κ3) is 7.30. The van der Waals surface area contributed by atoms with Crippen LogP contribution in [0.2, 0.25) is 0 Å². The number of nitrogens with one attached hydrogen (secondary N) is 1. The predicted octanol–water partition coefficient (Wildman–Crippen LogP) is 3.36. The second-order valence-electron chi connectivity index (χ2n) is 6.27. The Hall–Kier alpha value is -1.32. The lowest BCUT2D eigenvalue weighted by molar-refractivity contribution is -0.153. The van der Waals surface area contributed by atoms with Crippen LogP contribution in [0.4, 0.5) is 0 Å². The van der Waals surface area contributed by atoms with Crippen LogP contribution in [0.15, 0.2) is 12.7 Å². The van der Waals surface area contributed by atoms with Gasteiger partial charge in [-0.2, -0.15) is 0 Å². The molecule has 1 amide bonds. The summed E-state index contributed by atoms with van der Waals surface area (Å²) in [6.45, 7) is 7.72. The van der Waals surface area contributed by atoms with Crippen molar-refractivity contribution < 1.29 is 14.3 Å². The van der Waals surface area contributed by atoms with Crippen LogP contribution in [0.1, 0.15) is 65.2 Å². The number of allylic oxidation sites excluding steroid dienone is 1. The first kappa shape index (κ1) is 17.7. The molecule has 0 aromatic heterocycles. The van der Waals surface area contributed by atoms with Gasteiger partial charge in [0.1, 0.15) is 12.1 Å². The first-order valence-electron chi connectivity index (χ1n) is 8.13. The van der Waals surface area contributed by atoms with Gasteiger partial charge >= 0.3 is 5.97 Å². The molecular formula is C17H29NO3. The van der Waals surface area contributed by atoms with Crippen molar-refractivity contribution in [2.24, 2.45) is 5.92 Å². The predicted molar refractivity (Wildman–Crippen MR) is 83.8 cm³/mol. The summed E-state index contributed by atoms with van der Waals surface area (Å²) in [5.74, 6) is -0.0156. The van der Waals surface area contributed by atoms with Crippen molar-refractivity contribution in [2.45, 2.75) is 77.4 Å². The molecule has 4 heteroatoms. The van der Waals surface area contributed by atoms with Gasteiger partial charge in [-0.15, -0.1) is 6.58 Å². The Morgan fingerprint density at radius 1 is 1.33 bits per heavy atom. The van der Waals surface area contributed by atoms with E-state index < -0.39 is 6.04 Å². The number of esters is 1. The van der Waals surface area contributed by atoms with Crippen molar-refractivity contribution in [3.05, 3.63) is 12.7 Å². The Labute approximate surface area is 128 Å². The average Bonchev–Trinajstić information content (AvgIpc) is 2.90. The van der Waals surface area contributed by atoms with Crippen LogP contribution in [-0.2, 0) is 14.3 Å². The van der Waals surface area contributed by atoms with E-state index in [4.69, 9.17) is 4.74 Å². The molecule has 0 aromatic rings. The fourth-order valence-electron chi connectivity index (χ4n) is 2.61. The molecule has 1 aliphatic carbocycles. The lowest BCUT2D eigenvalue weighted by Crippen LogP contribution is -2.43. The minimum absolute atomic E-state index is 0.0461. The zero-order valence-corrected chi connectivity index (χ0v) is 13.4. The Morgan fingerprint density at radius 3 is 2.57 bits per heavy atom. The minimum Gasteiger partial charge on any atom is -0.461 e. The molecule has 0 aromatic carbocycles. The van der Waals surface area contributed by atoms with Crippen molar-refractivity contribution in [3.8, 4) is 0 Å². The van der Waals surface area contributed by atoms with E-state index in [2.05, 4.69) is 11.9 Å². The normalized spacial score (nSPS) is 16.7. The van der Waals surface area contributed by atoms with E-state index in [-0.39, 0.29) is 18.0 Å². The zero-order valence-electron chi connectivity index (χ0n) is 13.4. The van der Waals surface area contributed by atoms with Gasteiger partial charge in [0.15, 0.2) is 0 Å². The molecular weight excluding hydrogens is 266 g/mol. The van der Waals surface area contributed by atoms with E-state index in [0.717, 1.165) is 38.5 Å². The second kappa shape index (κ2) is 9.59. The summed E-state index contributed by atoms with van der Waals surface area (Å²) in [5.41, 5.74) is 0. The molecule has 1 atom stereocenters. The minimum atomic E-state index is -0.512. The Bertz CT molecular complexity index is 346. The number of rotatable bonds is 9. The van der Waals surface area contributed by atoms with Crippen LogP contribution < -0.4 is 5.32 Å². The first-order valence-corrected chi connectivity index (χ1v) is 8.13. The van der Waals surface area contributed by atoms with Crippen molar-refractivity contribution in [1.82, 2.24) is 5.32 Å². The summed E-state index contributed by atoms with van der Waals surface area (Å²) in [5, 5.41) is 2.83. The largest absolute Gasteiger partial charge is 0.461 e. The molecule has 4 nitrogen and oxygen atoms in total. The number of carbonyl (C=O) groups excluding carboxylic acids is 2. The zero-order chi connectivity index (χ0) is 15.7. The maximum absolute atomic E-state index is 12.2. The topological polar surface area (TPSA) is 55.4 Å². The summed E-state index contributed by atoms with van der Waals surface area (Å²) in [6, 6.07) is -0.512. The molecule has 0 radical (unpaired) electrons. The molecule has 0 heterocycles. The summed E-state index contributed by atoms with van der Waals surface area (Å²) in [6.07, 6.45) is 8.63. The maximum atomic E-state index is 12.2. The Balaban J connectivity index is 2.46. The number of unbranched alkanes of at least 4 members (excludes halogenated alkanes) is 1. The van der Waals surface area contributed by atoms with Crippen LogP contribution in [0.5, 0.6) is 0 Å². The molecule has 0 saturated heterocycles. The lowest BCUT2D eigenvalue weighted by atomic mass is 10.0. The van der Waals surface area contributed by atoms with Gasteiger partial charge in [0.25, 0.3) is 0 Å². The molecule has 1 saturated carbocycles. The van der Waals surface area contributed by atoms with Gasteiger partial charge in [-0.25, -0.2) is 4.79 Å². The molecule has 1 aliphatic rings. The van der Waals surface area contributed by atoms with E-state index in [0.29, 0.717) is 18.8 Å². The molecule has 1 fully saturated rings. The van der Waals surface area contributed by atoms with Crippen LogP contribution in [-0.4, -0.2) is 24.0 Å². The van der Waals surface area contributed by atoms with Gasteiger partial charge in [0.2, 0.25) is 5.91 Å². The molecule has 21 heavy (non-hydrogen) atoms. The summed E-state index contributed by atoms with van der Waals surface area (Å²) in [4.78, 5) is 24.1. The van der Waals surface area contributed by atoms with E-state index in [1.807, 2.05) is 13.8 Å². The summed E-state index contributed by atoms with van der Waals surface area (Å²) in [7, 11) is 0. The second-order valence-corrected chi connectivity index (χ2v) is 6.27. The van der Waals surface area contributed by atoms with Crippen LogP contribution in [0, 0.1) is 5.92 Å². The van der Waals surface area contributed by atoms with Gasteiger partial charge in [0, 0.05) is 6.42 Å². The molecule has 1 N–H and O–H groups in total. The third-order valence-electron chi connectivity index (χ3n) is 3.72. The molecule has 0 spiro atoms. The van der Waals surface area contributed by atoms with Crippen molar-refractivity contribution in [3.63, 3.8) is 0 Å². The molecule has 120 valence electrons. The highest BCUT2D eigenvalue weighted by molar-refractivity contribution is 5.84. The van der Waals surface area contributed by atoms with Crippen molar-refractivity contribution >= 4 is 11.9 Å². The maximum Gasteiger partial charge on any atom is 0.328 e. The fourth-order valence-corrected chi connectivity index (χ4v) is 2.61. The lowest BCUT2D eigenvalue weighted by Gasteiger charge is -2.21. The van der Waals surface area contributed by atoms with Crippen LogP contribution in [0.25, 0.3) is 0 Å². The van der Waals surface area contributed by atoms with Gasteiger partial charge in [0.05, 0.1) is 0 Å². The van der Waals surface area contributed by atoms with Crippen molar-refractivity contribution in [1.29, 1.82) is 0 Å². The van der Waals surface area contributed by atoms with Gasteiger partial charge in [-0.05, 0) is 50.9 Å². The van der Waals surface area contributed by atoms with E-state index in [9.17, 15) is 9.59 Å². The van der Waals surface area contributed by atoms with Gasteiger partial charge < -0.3 is 10.1 Å². The molecule has 1 rings (SSSR count).